The molecule has 2 unspecified atom stereocenters. The molecule has 2 aromatic carbocycles. The number of carbonyl (C=O) groups is 1. The molecule has 0 heterocycles. The molecule has 0 aliphatic heterocycles. The van der Waals surface area contributed by atoms with Crippen LogP contribution in [0.15, 0.2) is 42.5 Å². The van der Waals surface area contributed by atoms with Gasteiger partial charge >= 0.3 is 5.97 Å². The summed E-state index contributed by atoms with van der Waals surface area (Å²) in [4.78, 5) is 14.7. The normalized spacial score (nSPS) is 12.6. The summed E-state index contributed by atoms with van der Waals surface area (Å²) >= 11 is 0. The molecule has 2 rings (SSSR count). The van der Waals surface area contributed by atoms with Crippen LogP contribution in [0.25, 0.3) is 4.85 Å². The van der Waals surface area contributed by atoms with Crippen LogP contribution in [-0.4, -0.2) is 54.8 Å². The van der Waals surface area contributed by atoms with Crippen LogP contribution in [0.5, 0.6) is 17.2 Å². The predicted octanol–water partition coefficient (Wildman–Crippen LogP) is 3.49. The Balaban J connectivity index is 1.89. The Labute approximate surface area is 181 Å². The second kappa shape index (κ2) is 11.8. The van der Waals surface area contributed by atoms with Gasteiger partial charge < -0.3 is 29.2 Å². The van der Waals surface area contributed by atoms with Crippen LogP contribution in [0.1, 0.15) is 19.4 Å². The van der Waals surface area contributed by atoms with Crippen molar-refractivity contribution in [3.8, 4) is 17.2 Å². The van der Waals surface area contributed by atoms with E-state index < -0.39 is 18.2 Å². The number of methoxy groups -OCH3 is 1. The van der Waals surface area contributed by atoms with Crippen LogP contribution in [-0.2, 0) is 16.0 Å². The van der Waals surface area contributed by atoms with Crippen LogP contribution in [0.3, 0.4) is 0 Å². The van der Waals surface area contributed by atoms with Crippen LogP contribution in [0.2, 0.25) is 0 Å². The second-order valence-corrected chi connectivity index (χ2v) is 7.09. The number of hydrogen-bond donors (Lipinski definition) is 2. The minimum atomic E-state index is -1.02. The number of carboxylic acid groups (broad SMARTS) is 1. The molecule has 0 aliphatic carbocycles. The minimum Gasteiger partial charge on any atom is -0.494 e. The lowest BCUT2D eigenvalue weighted by Gasteiger charge is -2.17. The molecular weight excluding hydrogens is 402 g/mol. The van der Waals surface area contributed by atoms with Gasteiger partial charge in [-0.2, -0.15) is 0 Å². The molecule has 0 aliphatic rings. The van der Waals surface area contributed by atoms with Crippen molar-refractivity contribution in [3.05, 3.63) is 59.4 Å². The molecule has 0 spiro atoms. The van der Waals surface area contributed by atoms with Gasteiger partial charge in [-0.3, -0.25) is 0 Å². The molecule has 0 saturated carbocycles. The van der Waals surface area contributed by atoms with Crippen molar-refractivity contribution in [3.63, 3.8) is 0 Å². The summed E-state index contributed by atoms with van der Waals surface area (Å²) in [5.41, 5.74) is 1.18. The minimum absolute atomic E-state index is 0.0171. The fourth-order valence-corrected chi connectivity index (χ4v) is 2.77. The monoisotopic (exact) mass is 429 g/mol. The second-order valence-electron chi connectivity index (χ2n) is 7.09. The van der Waals surface area contributed by atoms with E-state index in [0.29, 0.717) is 22.9 Å². The van der Waals surface area contributed by atoms with Gasteiger partial charge in [-0.05, 0) is 43.7 Å². The molecule has 0 bridgehead atoms. The maximum atomic E-state index is 11.4. The first-order valence-electron chi connectivity index (χ1n) is 9.78. The fraction of sp³-hybridized carbons (Fsp3) is 0.391. The van der Waals surface area contributed by atoms with Crippen molar-refractivity contribution in [1.29, 1.82) is 0 Å². The molecule has 2 atom stereocenters. The van der Waals surface area contributed by atoms with Crippen molar-refractivity contribution < 1.29 is 34.0 Å². The van der Waals surface area contributed by atoms with Crippen LogP contribution in [0, 0.1) is 6.57 Å². The lowest BCUT2D eigenvalue weighted by atomic mass is 10.1. The third-order valence-electron chi connectivity index (χ3n) is 4.18. The number of carboxylic acids is 1. The number of aliphatic carboxylic acids is 1. The van der Waals surface area contributed by atoms with Gasteiger partial charge in [0.1, 0.15) is 30.8 Å². The van der Waals surface area contributed by atoms with Gasteiger partial charge in [0, 0.05) is 6.42 Å². The average molecular weight is 429 g/mol. The van der Waals surface area contributed by atoms with E-state index in [2.05, 4.69) is 4.85 Å². The first kappa shape index (κ1) is 24.0. The first-order valence-corrected chi connectivity index (χ1v) is 9.78. The Hall–Kier alpha value is -3.28. The highest BCUT2D eigenvalue weighted by Crippen LogP contribution is 2.31. The predicted molar refractivity (Wildman–Crippen MR) is 114 cm³/mol. The maximum Gasteiger partial charge on any atom is 0.333 e. The Morgan fingerprint density at radius 2 is 1.84 bits per heavy atom. The number of rotatable bonds is 12. The number of aliphatic hydroxyl groups excluding tert-OH is 1. The van der Waals surface area contributed by atoms with Gasteiger partial charge in [0.05, 0.1) is 19.8 Å². The summed E-state index contributed by atoms with van der Waals surface area (Å²) in [6.45, 7) is 10.6. The molecular formula is C23H27NO7. The number of nitrogens with zero attached hydrogens (tertiary/aromatic N) is 1. The van der Waals surface area contributed by atoms with Gasteiger partial charge in [0.25, 0.3) is 0 Å². The summed E-state index contributed by atoms with van der Waals surface area (Å²) in [6.07, 6.45) is -1.85. The average Bonchev–Trinajstić information content (AvgIpc) is 2.75. The van der Waals surface area contributed by atoms with Crippen molar-refractivity contribution in [1.82, 2.24) is 0 Å². The Bertz CT molecular complexity index is 907. The molecule has 8 nitrogen and oxygen atoms in total. The molecule has 31 heavy (non-hydrogen) atoms. The Kier molecular flexibility index (Phi) is 9.13. The molecule has 0 radical (unpaired) electrons. The maximum absolute atomic E-state index is 11.4. The van der Waals surface area contributed by atoms with E-state index in [-0.39, 0.29) is 25.7 Å². The van der Waals surface area contributed by atoms with E-state index >= 15 is 0 Å². The molecule has 0 fully saturated rings. The van der Waals surface area contributed by atoms with Gasteiger partial charge in [0.15, 0.2) is 17.5 Å². The summed E-state index contributed by atoms with van der Waals surface area (Å²) < 4.78 is 21.8. The van der Waals surface area contributed by atoms with E-state index in [4.69, 9.17) is 25.5 Å². The number of hydrogen-bond acceptors (Lipinski definition) is 6. The third-order valence-corrected chi connectivity index (χ3v) is 4.18. The SMILES string of the molecule is [C-]#[N+]c1ccc(OCC(O)COc2cccc(CC(OC(C)C)C(=O)O)c2)c(OC)c1. The first-order chi connectivity index (χ1) is 14.8. The van der Waals surface area contributed by atoms with E-state index in [0.717, 1.165) is 5.56 Å². The third kappa shape index (κ3) is 7.81. The molecule has 0 saturated heterocycles. The summed E-state index contributed by atoms with van der Waals surface area (Å²) in [7, 11) is 1.48. The highest BCUT2D eigenvalue weighted by molar-refractivity contribution is 5.72. The molecule has 2 N–H and O–H groups in total. The Morgan fingerprint density at radius 3 is 2.48 bits per heavy atom. The van der Waals surface area contributed by atoms with Crippen molar-refractivity contribution in [2.24, 2.45) is 0 Å². The van der Waals surface area contributed by atoms with Gasteiger partial charge in [-0.1, -0.05) is 18.2 Å². The molecule has 0 aromatic heterocycles. The van der Waals surface area contributed by atoms with Gasteiger partial charge in [-0.15, -0.1) is 0 Å². The van der Waals surface area contributed by atoms with Gasteiger partial charge in [0.2, 0.25) is 0 Å². The molecule has 166 valence electrons. The van der Waals surface area contributed by atoms with E-state index in [9.17, 15) is 15.0 Å². The van der Waals surface area contributed by atoms with E-state index in [1.165, 1.54) is 7.11 Å². The summed E-state index contributed by atoms with van der Waals surface area (Å²) in [5, 5.41) is 19.5. The Morgan fingerprint density at radius 1 is 1.10 bits per heavy atom. The van der Waals surface area contributed by atoms with Crippen LogP contribution >= 0.6 is 0 Å². The quantitative estimate of drug-likeness (QED) is 0.498. The zero-order chi connectivity index (χ0) is 22.8. The van der Waals surface area contributed by atoms with Crippen LogP contribution < -0.4 is 14.2 Å². The fourth-order valence-electron chi connectivity index (χ4n) is 2.77. The number of aliphatic hydroxyl groups is 1. The number of benzene rings is 2. The van der Waals surface area contributed by atoms with Gasteiger partial charge in [-0.25, -0.2) is 9.64 Å². The zero-order valence-corrected chi connectivity index (χ0v) is 17.8. The van der Waals surface area contributed by atoms with E-state index in [1.807, 2.05) is 0 Å². The highest BCUT2D eigenvalue weighted by atomic mass is 16.5. The smallest absolute Gasteiger partial charge is 0.333 e. The highest BCUT2D eigenvalue weighted by Gasteiger charge is 2.20. The summed E-state index contributed by atoms with van der Waals surface area (Å²) in [6, 6.07) is 11.8. The van der Waals surface area contributed by atoms with Crippen molar-refractivity contribution >= 4 is 11.7 Å². The molecule has 0 amide bonds. The van der Waals surface area contributed by atoms with Crippen molar-refractivity contribution in [2.75, 3.05) is 20.3 Å². The lowest BCUT2D eigenvalue weighted by molar-refractivity contribution is -0.153. The zero-order valence-electron chi connectivity index (χ0n) is 17.8. The lowest BCUT2D eigenvalue weighted by Crippen LogP contribution is -2.29. The molecule has 2 aromatic rings. The topological polar surface area (TPSA) is 98.8 Å². The summed E-state index contributed by atoms with van der Waals surface area (Å²) in [5.74, 6) is 0.309. The van der Waals surface area contributed by atoms with E-state index in [1.54, 1.807) is 56.3 Å². The van der Waals surface area contributed by atoms with Crippen LogP contribution in [0.4, 0.5) is 5.69 Å². The standard InChI is InChI=1S/C23H27NO7/c1-15(2)31-22(23(26)27)11-16-6-5-7-19(10-16)29-13-18(25)14-30-20-9-8-17(24-3)12-21(20)28-4/h5-10,12,15,18,22,25H,11,13-14H2,1-2,4H3,(H,26,27). The largest absolute Gasteiger partial charge is 0.494 e. The molecule has 8 heteroatoms. The number of ether oxygens (including phenoxy) is 4. The van der Waals surface area contributed by atoms with Crippen molar-refractivity contribution in [2.45, 2.75) is 38.6 Å².